The Kier molecular flexibility index (Phi) is 45.5. The molecular formula is C67H122N4O20. The molecule has 0 unspecified atom stereocenters. The third-order valence-corrected chi connectivity index (χ3v) is 17.8. The van der Waals surface area contributed by atoms with Crippen LogP contribution in [0, 0.1) is 0 Å². The number of carboxylic acid groups (broad SMARTS) is 1. The van der Waals surface area contributed by atoms with Crippen molar-refractivity contribution >= 4 is 41.4 Å². The summed E-state index contributed by atoms with van der Waals surface area (Å²) < 4.78 is 0. The van der Waals surface area contributed by atoms with Crippen molar-refractivity contribution in [2.45, 2.75) is 371 Å². The standard InChI is InChI=1S/C67H122N4O20/c1-51(72)57(78)59(80)61(82)63(84)68(53(3)74)49-45-41-37-33-29-25-21-17-13-9-5-7-11-15-19-23-27-31-35-39-43-47-55(76)70-67(65(86)87)66(88-90-70)89-91-71(67)56(77)48-44-40-36-32-28-24-20-16-12-8-6-10-14-18-22-26-30-34-38-42-46-50-69(54(4)75)64(85)62(83)60(81)58(79)52(2)73/h51-52,57-62,66,72-73,78-83H,5-50H2,1-4H3,(H,86,87)/t51-,52-,57-,58-,59+,60+,61-,62-,66?,67?/m1/s1. The lowest BCUT2D eigenvalue weighted by atomic mass is 10.0. The van der Waals surface area contributed by atoms with E-state index >= 15 is 0 Å². The highest BCUT2D eigenvalue weighted by Crippen LogP contribution is 2.41. The molecule has 0 bridgehead atoms. The maximum Gasteiger partial charge on any atom is 0.361 e. The number of aliphatic hydroxyl groups excluding tert-OH is 8. The first-order valence-electron chi connectivity index (χ1n) is 35.3. The molecule has 530 valence electrons. The molecule has 2 fully saturated rings. The third kappa shape index (κ3) is 32.0. The lowest BCUT2D eigenvalue weighted by Crippen LogP contribution is -2.65. The van der Waals surface area contributed by atoms with Gasteiger partial charge >= 0.3 is 11.6 Å². The van der Waals surface area contributed by atoms with Crippen LogP contribution in [0.3, 0.4) is 0 Å². The topological polar surface area (TPSA) is 351 Å². The molecule has 2 saturated heterocycles. The largest absolute Gasteiger partial charge is 0.478 e. The van der Waals surface area contributed by atoms with Crippen LogP contribution < -0.4 is 0 Å². The molecule has 0 aromatic carbocycles. The summed E-state index contributed by atoms with van der Waals surface area (Å²) in [6.07, 6.45) is 29.3. The minimum absolute atomic E-state index is 0.00909. The highest BCUT2D eigenvalue weighted by atomic mass is 17.4. The summed E-state index contributed by atoms with van der Waals surface area (Å²) in [5.74, 6) is -5.91. The number of imide groups is 2. The van der Waals surface area contributed by atoms with Crippen molar-refractivity contribution in [1.29, 1.82) is 0 Å². The molecule has 2 aliphatic heterocycles. The number of hydrogen-bond donors (Lipinski definition) is 9. The number of amides is 6. The Bertz CT molecular complexity index is 1880. The summed E-state index contributed by atoms with van der Waals surface area (Å²) in [7, 11) is 0. The van der Waals surface area contributed by atoms with Gasteiger partial charge in [0, 0.05) is 39.8 Å². The van der Waals surface area contributed by atoms with Crippen LogP contribution >= 0.6 is 0 Å². The number of carboxylic acids is 1. The van der Waals surface area contributed by atoms with Crippen molar-refractivity contribution in [2.24, 2.45) is 0 Å². The van der Waals surface area contributed by atoms with Crippen molar-refractivity contribution in [1.82, 2.24) is 19.9 Å². The molecule has 2 heterocycles. The molecule has 2 aliphatic rings. The second-order valence-electron chi connectivity index (χ2n) is 25.8. The van der Waals surface area contributed by atoms with Gasteiger partial charge in [0.15, 0.2) is 12.2 Å². The highest BCUT2D eigenvalue weighted by molar-refractivity contribution is 5.97. The average Bonchev–Trinajstić information content (AvgIpc) is 1.59. The van der Waals surface area contributed by atoms with Gasteiger partial charge in [-0.2, -0.15) is 9.78 Å². The van der Waals surface area contributed by atoms with Crippen LogP contribution in [-0.2, 0) is 53.3 Å². The van der Waals surface area contributed by atoms with Gasteiger partial charge in [-0.05, 0) is 39.5 Å². The number of carbonyl (C=O) groups excluding carboxylic acids is 6. The van der Waals surface area contributed by atoms with E-state index in [1.165, 1.54) is 169 Å². The molecule has 0 spiro atoms. The number of hydrogen-bond acceptors (Lipinski definition) is 19. The first-order chi connectivity index (χ1) is 43.6. The lowest BCUT2D eigenvalue weighted by Gasteiger charge is -2.32. The fraction of sp³-hybridized carbons (Fsp3) is 0.896. The number of carbonyl (C=O) groups is 7. The molecule has 9 N–H and O–H groups in total. The molecule has 24 nitrogen and oxygen atoms in total. The maximum absolute atomic E-state index is 13.3. The summed E-state index contributed by atoms with van der Waals surface area (Å²) in [4.78, 5) is 111. The van der Waals surface area contributed by atoms with Crippen LogP contribution in [0.15, 0.2) is 0 Å². The van der Waals surface area contributed by atoms with Gasteiger partial charge < -0.3 is 46.0 Å². The molecule has 6 amide bonds. The van der Waals surface area contributed by atoms with Gasteiger partial charge in [-0.25, -0.2) is 4.79 Å². The first-order valence-corrected chi connectivity index (χ1v) is 35.3. The fourth-order valence-corrected chi connectivity index (χ4v) is 11.9. The number of unbranched alkanes of at least 4 members (excludes halogenated alkanes) is 40. The Morgan fingerprint density at radius 3 is 0.758 bits per heavy atom. The smallest absolute Gasteiger partial charge is 0.361 e. The van der Waals surface area contributed by atoms with Gasteiger partial charge in [0.1, 0.15) is 24.4 Å². The van der Waals surface area contributed by atoms with Gasteiger partial charge in [-0.15, -0.1) is 20.1 Å². The molecule has 0 aromatic heterocycles. The Hall–Kier alpha value is -3.79. The molecular weight excluding hydrogens is 1180 g/mol. The van der Waals surface area contributed by atoms with Crippen molar-refractivity contribution in [3.05, 3.63) is 0 Å². The monoisotopic (exact) mass is 1300 g/mol. The van der Waals surface area contributed by atoms with E-state index in [0.717, 1.165) is 113 Å². The van der Waals surface area contributed by atoms with Crippen LogP contribution in [0.1, 0.15) is 310 Å². The molecule has 8 atom stereocenters. The second kappa shape index (κ2) is 49.7. The second-order valence-corrected chi connectivity index (χ2v) is 25.8. The lowest BCUT2D eigenvalue weighted by molar-refractivity contribution is -0.483. The van der Waals surface area contributed by atoms with E-state index in [4.69, 9.17) is 19.8 Å². The van der Waals surface area contributed by atoms with Gasteiger partial charge in [0.05, 0.1) is 12.2 Å². The molecule has 0 aliphatic carbocycles. The Morgan fingerprint density at radius 1 is 0.352 bits per heavy atom. The molecule has 0 aromatic rings. The van der Waals surface area contributed by atoms with Gasteiger partial charge in [-0.1, -0.05) is 244 Å². The SMILES string of the molecule is CC(=O)N(CCCCCCCCCCCCCCCCCCCCCCCC(=O)N1OOC2OON(C(=O)CCCCCCCCCCCCCCCCCCCCCCCN(C(C)=O)C(=O)[C@H](O)[C@@H](O)[C@H](O)[C@@H](C)O)C21C(=O)O)C(=O)[C@H](O)[C@@H](O)[C@H](O)[C@@H](C)O. The van der Waals surface area contributed by atoms with E-state index in [2.05, 4.69) is 0 Å². The summed E-state index contributed by atoms with van der Waals surface area (Å²) in [5, 5.41) is 90.2. The number of hydroxylamine groups is 4. The summed E-state index contributed by atoms with van der Waals surface area (Å²) >= 11 is 0. The number of aliphatic carboxylic acids is 1. The normalized spacial score (nSPS) is 18.3. The minimum Gasteiger partial charge on any atom is -0.478 e. The maximum atomic E-state index is 13.3. The van der Waals surface area contributed by atoms with Gasteiger partial charge in [0.25, 0.3) is 29.9 Å². The van der Waals surface area contributed by atoms with Gasteiger partial charge in [0.2, 0.25) is 11.8 Å². The number of fused-ring (bicyclic) bond motifs is 1. The quantitative estimate of drug-likeness (QED) is 0.0202. The zero-order valence-corrected chi connectivity index (χ0v) is 56.0. The average molecular weight is 1300 g/mol. The highest BCUT2D eigenvalue weighted by Gasteiger charge is 2.73. The number of nitrogens with zero attached hydrogens (tertiary/aromatic N) is 4. The van der Waals surface area contributed by atoms with Crippen molar-refractivity contribution < 1.29 is 99.3 Å². The predicted molar refractivity (Wildman–Crippen MR) is 340 cm³/mol. The van der Waals surface area contributed by atoms with E-state index in [0.29, 0.717) is 35.8 Å². The predicted octanol–water partition coefficient (Wildman–Crippen LogP) is 9.35. The van der Waals surface area contributed by atoms with Crippen LogP contribution in [0.25, 0.3) is 0 Å². The van der Waals surface area contributed by atoms with Gasteiger partial charge in [-0.3, -0.25) is 38.6 Å². The third-order valence-electron chi connectivity index (χ3n) is 17.8. The Labute approximate surface area is 542 Å². The molecule has 91 heavy (non-hydrogen) atoms. The number of rotatable bonds is 57. The summed E-state index contributed by atoms with van der Waals surface area (Å²) in [6, 6.07) is 0. The van der Waals surface area contributed by atoms with Crippen molar-refractivity contribution in [2.75, 3.05) is 13.1 Å². The van der Waals surface area contributed by atoms with E-state index in [9.17, 15) is 79.5 Å². The summed E-state index contributed by atoms with van der Waals surface area (Å²) in [5.41, 5.74) is -2.42. The van der Waals surface area contributed by atoms with E-state index in [1.807, 2.05) is 0 Å². The summed E-state index contributed by atoms with van der Waals surface area (Å²) in [6.45, 7) is 5.11. The molecule has 0 saturated carbocycles. The molecule has 2 rings (SSSR count). The van der Waals surface area contributed by atoms with E-state index in [-0.39, 0.29) is 25.9 Å². The molecule has 0 radical (unpaired) electrons. The van der Waals surface area contributed by atoms with Crippen molar-refractivity contribution in [3.8, 4) is 0 Å². The molecule has 24 heteroatoms. The minimum atomic E-state index is -2.42. The number of aliphatic hydroxyl groups is 8. The zero-order valence-electron chi connectivity index (χ0n) is 56.0. The van der Waals surface area contributed by atoms with Crippen LogP contribution in [0.4, 0.5) is 0 Å². The first kappa shape index (κ1) is 83.3. The Balaban J connectivity index is 1.41. The van der Waals surface area contributed by atoms with Crippen LogP contribution in [0.2, 0.25) is 0 Å². The fourth-order valence-electron chi connectivity index (χ4n) is 11.9. The van der Waals surface area contributed by atoms with Crippen LogP contribution in [0.5, 0.6) is 0 Å². The Morgan fingerprint density at radius 2 is 0.560 bits per heavy atom. The van der Waals surface area contributed by atoms with Crippen LogP contribution in [-0.4, -0.2) is 181 Å². The zero-order chi connectivity index (χ0) is 67.4. The van der Waals surface area contributed by atoms with E-state index < -0.39 is 102 Å². The van der Waals surface area contributed by atoms with Crippen molar-refractivity contribution in [3.63, 3.8) is 0 Å². The van der Waals surface area contributed by atoms with E-state index in [1.54, 1.807) is 0 Å².